The Morgan fingerprint density at radius 1 is 1.35 bits per heavy atom. The molecule has 0 radical (unpaired) electrons. The predicted octanol–water partition coefficient (Wildman–Crippen LogP) is 1.71. The Morgan fingerprint density at radius 2 is 2.04 bits per heavy atom. The van der Waals surface area contributed by atoms with E-state index in [1.54, 1.807) is 23.1 Å². The molecule has 23 heavy (non-hydrogen) atoms. The van der Waals surface area contributed by atoms with Crippen molar-refractivity contribution in [2.45, 2.75) is 38.8 Å². The van der Waals surface area contributed by atoms with Gasteiger partial charge in [-0.1, -0.05) is 6.92 Å². The quantitative estimate of drug-likeness (QED) is 0.827. The molecule has 2 rings (SSSR count). The molecule has 2 aromatic heterocycles. The molecule has 2 aromatic rings. The van der Waals surface area contributed by atoms with Crippen molar-refractivity contribution < 1.29 is 17.2 Å². The van der Waals surface area contributed by atoms with E-state index in [0.29, 0.717) is 11.2 Å². The largest absolute Gasteiger partial charge is 0.333 e. The molecule has 0 fully saturated rings. The first-order valence-electron chi connectivity index (χ1n) is 7.03. The van der Waals surface area contributed by atoms with Gasteiger partial charge in [0.1, 0.15) is 4.90 Å². The molecule has 2 heterocycles. The summed E-state index contributed by atoms with van der Waals surface area (Å²) in [6.45, 7) is 2.41. The molecule has 0 bridgehead atoms. The summed E-state index contributed by atoms with van der Waals surface area (Å²) in [5.74, 6) is -0.0181. The summed E-state index contributed by atoms with van der Waals surface area (Å²) in [4.78, 5) is -0.191. The minimum absolute atomic E-state index is 0.0181. The third kappa shape index (κ3) is 3.94. The van der Waals surface area contributed by atoms with Crippen LogP contribution in [0, 0.1) is 19.8 Å². The Morgan fingerprint density at radius 3 is 2.57 bits per heavy atom. The van der Waals surface area contributed by atoms with E-state index in [4.69, 9.17) is 0 Å². The lowest BCUT2D eigenvalue weighted by Crippen LogP contribution is -2.31. The van der Waals surface area contributed by atoms with Gasteiger partial charge in [0, 0.05) is 25.5 Å². The van der Waals surface area contributed by atoms with Gasteiger partial charge in [-0.25, -0.2) is 17.8 Å². The van der Waals surface area contributed by atoms with Crippen molar-refractivity contribution in [2.24, 2.45) is 5.92 Å². The number of halogens is 2. The van der Waals surface area contributed by atoms with E-state index >= 15 is 0 Å². The lowest BCUT2D eigenvalue weighted by Gasteiger charge is -2.13. The first-order chi connectivity index (χ1) is 10.7. The highest BCUT2D eigenvalue weighted by Gasteiger charge is 2.27. The topological polar surface area (TPSA) is 81.8 Å². The molecule has 0 saturated heterocycles. The molecule has 0 aliphatic rings. The van der Waals surface area contributed by atoms with Crippen molar-refractivity contribution in [2.75, 3.05) is 6.54 Å². The van der Waals surface area contributed by atoms with Crippen LogP contribution in [-0.4, -0.2) is 34.5 Å². The van der Waals surface area contributed by atoms with Crippen molar-refractivity contribution in [1.29, 1.82) is 0 Å². The van der Waals surface area contributed by atoms with Crippen molar-refractivity contribution >= 4 is 10.0 Å². The fraction of sp³-hybridized carbons (Fsp3) is 0.538. The number of hydrogen-bond acceptors (Lipinski definition) is 4. The molecule has 0 amide bonds. The highest BCUT2D eigenvalue weighted by atomic mass is 32.2. The summed E-state index contributed by atoms with van der Waals surface area (Å²) in [5, 5.41) is 7.65. The van der Waals surface area contributed by atoms with Crippen LogP contribution in [0.4, 0.5) is 8.78 Å². The van der Waals surface area contributed by atoms with Crippen LogP contribution in [0.2, 0.25) is 0 Å². The van der Waals surface area contributed by atoms with Crippen molar-refractivity contribution in [3.8, 4) is 0 Å². The van der Waals surface area contributed by atoms with Crippen LogP contribution in [-0.2, 0) is 16.6 Å². The molecule has 7 nitrogen and oxygen atoms in total. The zero-order valence-electron chi connectivity index (χ0n) is 13.1. The molecule has 128 valence electrons. The van der Waals surface area contributed by atoms with Crippen LogP contribution in [0.3, 0.4) is 0 Å². The number of nitrogens with one attached hydrogen (secondary N) is 1. The Labute approximate surface area is 133 Å². The molecule has 0 unspecified atom stereocenters. The maximum Gasteiger partial charge on any atom is 0.333 e. The van der Waals surface area contributed by atoms with Crippen LogP contribution >= 0.6 is 0 Å². The van der Waals surface area contributed by atoms with Gasteiger partial charge in [0.25, 0.3) is 0 Å². The van der Waals surface area contributed by atoms with Gasteiger partial charge in [-0.2, -0.15) is 19.0 Å². The average Bonchev–Trinajstić information content (AvgIpc) is 3.04. The molecule has 0 saturated carbocycles. The summed E-state index contributed by atoms with van der Waals surface area (Å²) in [7, 11) is -3.90. The van der Waals surface area contributed by atoms with Gasteiger partial charge in [0.2, 0.25) is 10.0 Å². The lowest BCUT2D eigenvalue weighted by molar-refractivity contribution is 0.0538. The third-order valence-corrected chi connectivity index (χ3v) is 5.07. The highest BCUT2D eigenvalue weighted by Crippen LogP contribution is 2.23. The van der Waals surface area contributed by atoms with E-state index in [1.165, 1.54) is 13.8 Å². The number of rotatable bonds is 7. The van der Waals surface area contributed by atoms with Gasteiger partial charge < -0.3 is 0 Å². The molecule has 10 heteroatoms. The number of nitrogens with zero attached hydrogens (tertiary/aromatic N) is 4. The monoisotopic (exact) mass is 347 g/mol. The number of aryl methyl sites for hydroxylation is 1. The maximum atomic E-state index is 12.8. The second kappa shape index (κ2) is 6.75. The third-order valence-electron chi connectivity index (χ3n) is 3.39. The van der Waals surface area contributed by atoms with E-state index < -0.39 is 16.6 Å². The van der Waals surface area contributed by atoms with Gasteiger partial charge in [0.05, 0.1) is 11.4 Å². The second-order valence-electron chi connectivity index (χ2n) is 5.41. The Balaban J connectivity index is 2.10. The van der Waals surface area contributed by atoms with Crippen LogP contribution in [0.5, 0.6) is 0 Å². The summed E-state index contributed by atoms with van der Waals surface area (Å²) < 4.78 is 55.0. The Hall–Kier alpha value is -1.81. The molecule has 0 aliphatic carbocycles. The first-order valence-corrected chi connectivity index (χ1v) is 8.51. The number of hydrogen-bond donors (Lipinski definition) is 1. The smallest absolute Gasteiger partial charge is 0.272 e. The molecular formula is C13H19F2N5O2S. The van der Waals surface area contributed by atoms with Gasteiger partial charge in [-0.05, 0) is 25.8 Å². The summed E-state index contributed by atoms with van der Waals surface area (Å²) in [6, 6.07) is 1.78. The SMILES string of the molecule is Cc1nn(C(F)F)c(C)c1S(=O)(=O)NC[C@H](C)Cn1cccn1. The molecule has 0 aliphatic heterocycles. The van der Waals surface area contributed by atoms with Gasteiger partial charge >= 0.3 is 6.55 Å². The van der Waals surface area contributed by atoms with Crippen molar-refractivity contribution in [3.63, 3.8) is 0 Å². The molecule has 1 N–H and O–H groups in total. The Bertz CT molecular complexity index is 756. The summed E-state index contributed by atoms with van der Waals surface area (Å²) >= 11 is 0. The fourth-order valence-corrected chi connectivity index (χ4v) is 3.90. The minimum Gasteiger partial charge on any atom is -0.272 e. The standard InChI is InChI=1S/C13H19F2N5O2S/c1-9(8-19-6-4-5-16-19)7-17-23(21,22)12-10(2)18-20(11(12)3)13(14)15/h4-6,9,13,17H,7-8H2,1-3H3/t9-/m0/s1. The Kier molecular flexibility index (Phi) is 5.15. The summed E-state index contributed by atoms with van der Waals surface area (Å²) in [5.41, 5.74) is -0.0280. The zero-order chi connectivity index (χ0) is 17.2. The van der Waals surface area contributed by atoms with Crippen LogP contribution in [0.1, 0.15) is 24.9 Å². The van der Waals surface area contributed by atoms with E-state index in [1.807, 2.05) is 6.92 Å². The van der Waals surface area contributed by atoms with Crippen molar-refractivity contribution in [1.82, 2.24) is 24.3 Å². The van der Waals surface area contributed by atoms with Crippen LogP contribution < -0.4 is 4.72 Å². The van der Waals surface area contributed by atoms with E-state index in [-0.39, 0.29) is 28.7 Å². The zero-order valence-corrected chi connectivity index (χ0v) is 13.9. The minimum atomic E-state index is -3.90. The predicted molar refractivity (Wildman–Crippen MR) is 79.5 cm³/mol. The molecular weight excluding hydrogens is 328 g/mol. The van der Waals surface area contributed by atoms with Crippen LogP contribution in [0.15, 0.2) is 23.4 Å². The number of aromatic nitrogens is 4. The normalized spacial score (nSPS) is 13.7. The van der Waals surface area contributed by atoms with E-state index in [9.17, 15) is 17.2 Å². The number of sulfonamides is 1. The average molecular weight is 347 g/mol. The van der Waals surface area contributed by atoms with Crippen molar-refractivity contribution in [3.05, 3.63) is 29.8 Å². The van der Waals surface area contributed by atoms with Gasteiger partial charge in [-0.15, -0.1) is 0 Å². The first kappa shape index (κ1) is 17.5. The molecule has 0 spiro atoms. The van der Waals surface area contributed by atoms with Gasteiger partial charge in [0.15, 0.2) is 0 Å². The number of alkyl halides is 2. The fourth-order valence-electron chi connectivity index (χ4n) is 2.34. The summed E-state index contributed by atoms with van der Waals surface area (Å²) in [6.07, 6.45) is 3.42. The lowest BCUT2D eigenvalue weighted by atomic mass is 10.2. The highest BCUT2D eigenvalue weighted by molar-refractivity contribution is 7.89. The van der Waals surface area contributed by atoms with Crippen LogP contribution in [0.25, 0.3) is 0 Å². The van der Waals surface area contributed by atoms with Gasteiger partial charge in [-0.3, -0.25) is 4.68 Å². The maximum absolute atomic E-state index is 12.8. The second-order valence-corrected chi connectivity index (χ2v) is 7.11. The van der Waals surface area contributed by atoms with E-state index in [2.05, 4.69) is 14.9 Å². The van der Waals surface area contributed by atoms with E-state index in [0.717, 1.165) is 0 Å². The molecule has 0 aromatic carbocycles. The molecule has 1 atom stereocenters.